The zero-order valence-electron chi connectivity index (χ0n) is 9.11. The molecule has 0 aliphatic heterocycles. The lowest BCUT2D eigenvalue weighted by molar-refractivity contribution is -0.136. The first-order valence-corrected chi connectivity index (χ1v) is 6.20. The molecule has 1 aromatic heterocycles. The van der Waals surface area contributed by atoms with Gasteiger partial charge >= 0.3 is 5.97 Å². The molecule has 5 heteroatoms. The van der Waals surface area contributed by atoms with Crippen LogP contribution in [0.25, 0.3) is 11.3 Å². The molecule has 0 atom stereocenters. The molecule has 1 heterocycles. The van der Waals surface area contributed by atoms with E-state index < -0.39 is 5.97 Å². The van der Waals surface area contributed by atoms with Crippen molar-refractivity contribution in [3.63, 3.8) is 0 Å². The van der Waals surface area contributed by atoms with E-state index in [4.69, 9.17) is 16.7 Å². The molecule has 17 heavy (non-hydrogen) atoms. The number of carbonyl (C=O) groups is 1. The lowest BCUT2D eigenvalue weighted by Crippen LogP contribution is -1.99. The van der Waals surface area contributed by atoms with Crippen LogP contribution in [0.5, 0.6) is 0 Å². The Morgan fingerprint density at radius 1 is 1.53 bits per heavy atom. The van der Waals surface area contributed by atoms with E-state index in [9.17, 15) is 4.79 Å². The number of benzene rings is 1. The third kappa shape index (κ3) is 2.84. The number of carboxylic acids is 1. The summed E-state index contributed by atoms with van der Waals surface area (Å²) in [5.41, 5.74) is 1.58. The first kappa shape index (κ1) is 12.1. The average Bonchev–Trinajstić information content (AvgIpc) is 2.58. The van der Waals surface area contributed by atoms with Crippen molar-refractivity contribution in [3.8, 4) is 11.3 Å². The zero-order valence-corrected chi connectivity index (χ0v) is 10.7. The fourth-order valence-corrected chi connectivity index (χ4v) is 2.73. The van der Waals surface area contributed by atoms with Crippen LogP contribution >= 0.6 is 22.9 Å². The molecule has 0 saturated carbocycles. The molecule has 0 bridgehead atoms. The Hall–Kier alpha value is -1.39. The Balaban J connectivity index is 2.47. The van der Waals surface area contributed by atoms with E-state index in [-0.39, 0.29) is 6.42 Å². The second-order valence-corrected chi connectivity index (χ2v) is 5.31. The summed E-state index contributed by atoms with van der Waals surface area (Å²) in [4.78, 5) is 15.9. The summed E-state index contributed by atoms with van der Waals surface area (Å²) in [6, 6.07) is 7.28. The predicted octanol–water partition coefficient (Wildman–Crippen LogP) is 3.40. The van der Waals surface area contributed by atoms with Crippen LogP contribution in [-0.2, 0) is 11.2 Å². The standard InChI is InChI=1S/C12H10ClNO2S/c1-7-14-12(10(17-7)6-11(15)16)8-3-2-4-9(13)5-8/h2-5H,6H2,1H3,(H,15,16). The van der Waals surface area contributed by atoms with E-state index in [0.29, 0.717) is 5.02 Å². The van der Waals surface area contributed by atoms with Crippen molar-refractivity contribution >= 4 is 28.9 Å². The van der Waals surface area contributed by atoms with Crippen molar-refractivity contribution < 1.29 is 9.90 Å². The molecule has 0 aliphatic carbocycles. The molecule has 0 radical (unpaired) electrons. The molecule has 2 rings (SSSR count). The quantitative estimate of drug-likeness (QED) is 0.927. The van der Waals surface area contributed by atoms with Gasteiger partial charge in [-0.05, 0) is 19.1 Å². The van der Waals surface area contributed by atoms with E-state index in [0.717, 1.165) is 21.1 Å². The average molecular weight is 268 g/mol. The van der Waals surface area contributed by atoms with Crippen molar-refractivity contribution in [2.45, 2.75) is 13.3 Å². The third-order valence-electron chi connectivity index (χ3n) is 2.21. The van der Waals surface area contributed by atoms with E-state index in [2.05, 4.69) is 4.98 Å². The fourth-order valence-electron chi connectivity index (χ4n) is 1.59. The number of hydrogen-bond acceptors (Lipinski definition) is 3. The second kappa shape index (κ2) is 4.85. The smallest absolute Gasteiger partial charge is 0.308 e. The first-order valence-electron chi connectivity index (χ1n) is 5.00. The normalized spacial score (nSPS) is 10.5. The highest BCUT2D eigenvalue weighted by atomic mass is 35.5. The molecule has 3 nitrogen and oxygen atoms in total. The highest BCUT2D eigenvalue weighted by molar-refractivity contribution is 7.12. The first-order chi connectivity index (χ1) is 8.06. The van der Waals surface area contributed by atoms with Crippen molar-refractivity contribution in [1.29, 1.82) is 0 Å². The van der Waals surface area contributed by atoms with Crippen molar-refractivity contribution in [2.75, 3.05) is 0 Å². The van der Waals surface area contributed by atoms with E-state index in [1.54, 1.807) is 12.1 Å². The van der Waals surface area contributed by atoms with Crippen LogP contribution in [0.15, 0.2) is 24.3 Å². The lowest BCUT2D eigenvalue weighted by Gasteiger charge is -2.00. The summed E-state index contributed by atoms with van der Waals surface area (Å²) >= 11 is 7.33. The molecular formula is C12H10ClNO2S. The molecule has 1 aromatic carbocycles. The van der Waals surface area contributed by atoms with Crippen LogP contribution in [0.4, 0.5) is 0 Å². The SMILES string of the molecule is Cc1nc(-c2cccc(Cl)c2)c(CC(=O)O)s1. The van der Waals surface area contributed by atoms with Gasteiger partial charge < -0.3 is 5.11 Å². The number of hydrogen-bond donors (Lipinski definition) is 1. The molecule has 88 valence electrons. The monoisotopic (exact) mass is 267 g/mol. The molecule has 0 saturated heterocycles. The molecule has 0 fully saturated rings. The molecular weight excluding hydrogens is 258 g/mol. The summed E-state index contributed by atoms with van der Waals surface area (Å²) < 4.78 is 0. The predicted molar refractivity (Wildman–Crippen MR) is 68.6 cm³/mol. The maximum absolute atomic E-state index is 10.8. The van der Waals surface area contributed by atoms with Crippen molar-refractivity contribution in [2.24, 2.45) is 0 Å². The zero-order chi connectivity index (χ0) is 12.4. The van der Waals surface area contributed by atoms with Gasteiger partial charge in [0.1, 0.15) is 0 Å². The molecule has 2 aromatic rings. The van der Waals surface area contributed by atoms with E-state index in [1.165, 1.54) is 11.3 Å². The van der Waals surface area contributed by atoms with Crippen LogP contribution in [0.3, 0.4) is 0 Å². The summed E-state index contributed by atoms with van der Waals surface area (Å²) in [5.74, 6) is -0.850. The van der Waals surface area contributed by atoms with Gasteiger partial charge in [-0.3, -0.25) is 4.79 Å². The van der Waals surface area contributed by atoms with Gasteiger partial charge in [-0.15, -0.1) is 11.3 Å². The van der Waals surface area contributed by atoms with Gasteiger partial charge in [0.15, 0.2) is 0 Å². The van der Waals surface area contributed by atoms with Gasteiger partial charge in [-0.2, -0.15) is 0 Å². The number of halogens is 1. The Kier molecular flexibility index (Phi) is 3.45. The number of nitrogens with zero attached hydrogens (tertiary/aromatic N) is 1. The minimum Gasteiger partial charge on any atom is -0.481 e. The Labute approximate surface area is 108 Å². The van der Waals surface area contributed by atoms with Gasteiger partial charge in [-0.25, -0.2) is 4.98 Å². The maximum atomic E-state index is 10.8. The number of aromatic nitrogens is 1. The molecule has 0 unspecified atom stereocenters. The third-order valence-corrected chi connectivity index (χ3v) is 3.42. The van der Waals surface area contributed by atoms with Crippen LogP contribution in [-0.4, -0.2) is 16.1 Å². The van der Waals surface area contributed by atoms with Crippen LogP contribution in [0, 0.1) is 6.92 Å². The van der Waals surface area contributed by atoms with Crippen molar-refractivity contribution in [3.05, 3.63) is 39.2 Å². The van der Waals surface area contributed by atoms with Gasteiger partial charge in [-0.1, -0.05) is 23.7 Å². The van der Waals surface area contributed by atoms with Gasteiger partial charge in [0.25, 0.3) is 0 Å². The van der Waals surface area contributed by atoms with Gasteiger partial charge in [0.2, 0.25) is 0 Å². The second-order valence-electron chi connectivity index (χ2n) is 3.59. The Morgan fingerprint density at radius 2 is 2.29 bits per heavy atom. The summed E-state index contributed by atoms with van der Waals surface area (Å²) in [6.07, 6.45) is -0.00659. The van der Waals surface area contributed by atoms with E-state index >= 15 is 0 Å². The Morgan fingerprint density at radius 3 is 2.94 bits per heavy atom. The molecule has 0 spiro atoms. The number of aryl methyl sites for hydroxylation is 1. The fraction of sp³-hybridized carbons (Fsp3) is 0.167. The van der Waals surface area contributed by atoms with Crippen LogP contribution in [0.1, 0.15) is 9.88 Å². The number of aliphatic carboxylic acids is 1. The molecule has 0 amide bonds. The summed E-state index contributed by atoms with van der Waals surface area (Å²) in [6.45, 7) is 1.87. The lowest BCUT2D eigenvalue weighted by atomic mass is 10.1. The summed E-state index contributed by atoms with van der Waals surface area (Å²) in [5, 5.41) is 10.3. The largest absolute Gasteiger partial charge is 0.481 e. The Bertz CT molecular complexity index is 565. The maximum Gasteiger partial charge on any atom is 0.308 e. The minimum atomic E-state index is -0.850. The van der Waals surface area contributed by atoms with E-state index in [1.807, 2.05) is 19.1 Å². The van der Waals surface area contributed by atoms with Crippen LogP contribution < -0.4 is 0 Å². The highest BCUT2D eigenvalue weighted by Crippen LogP contribution is 2.29. The number of rotatable bonds is 3. The number of carboxylic acid groups (broad SMARTS) is 1. The van der Waals surface area contributed by atoms with Crippen LogP contribution in [0.2, 0.25) is 5.02 Å². The van der Waals surface area contributed by atoms with Gasteiger partial charge in [0.05, 0.1) is 17.1 Å². The summed E-state index contributed by atoms with van der Waals surface area (Å²) in [7, 11) is 0. The topological polar surface area (TPSA) is 50.2 Å². The highest BCUT2D eigenvalue weighted by Gasteiger charge is 2.14. The van der Waals surface area contributed by atoms with Gasteiger partial charge in [0, 0.05) is 15.5 Å². The minimum absolute atomic E-state index is 0.00659. The number of thiazole rings is 1. The van der Waals surface area contributed by atoms with Crippen molar-refractivity contribution in [1.82, 2.24) is 4.98 Å². The molecule has 1 N–H and O–H groups in total. The molecule has 0 aliphatic rings.